The van der Waals surface area contributed by atoms with Gasteiger partial charge < -0.3 is 15.0 Å². The molecule has 134 valence electrons. The van der Waals surface area contributed by atoms with Crippen LogP contribution in [0.25, 0.3) is 0 Å². The smallest absolute Gasteiger partial charge is 0.252 e. The summed E-state index contributed by atoms with van der Waals surface area (Å²) in [4.78, 5) is 15.0. The number of benzene rings is 1. The lowest BCUT2D eigenvalue weighted by Gasteiger charge is -2.38. The lowest BCUT2D eigenvalue weighted by molar-refractivity contribution is -0.146. The summed E-state index contributed by atoms with van der Waals surface area (Å²) in [5.74, 6) is 0.173. The molecule has 0 aliphatic carbocycles. The van der Waals surface area contributed by atoms with Crippen molar-refractivity contribution in [1.82, 2.24) is 10.2 Å². The minimum absolute atomic E-state index is 0. The number of nitrogens with zero attached hydrogens (tertiary/aromatic N) is 1. The van der Waals surface area contributed by atoms with Crippen molar-refractivity contribution >= 4 is 18.3 Å². The fourth-order valence-corrected chi connectivity index (χ4v) is 3.61. The van der Waals surface area contributed by atoms with Gasteiger partial charge in [-0.2, -0.15) is 0 Å². The molecule has 2 heterocycles. The summed E-state index contributed by atoms with van der Waals surface area (Å²) >= 11 is 0. The standard InChI is InChI=1S/C19H28N2O2.ClH/c1-3-14-5-7-15(8-6-14)17-13-20-11-12-21(17)19(22)18-10-9-16(4-2)23-18;/h5-8,16-18,20H,3-4,9-13H2,1-2H3;1H. The van der Waals surface area contributed by atoms with Crippen molar-refractivity contribution in [2.24, 2.45) is 0 Å². The highest BCUT2D eigenvalue weighted by atomic mass is 35.5. The average molecular weight is 353 g/mol. The summed E-state index contributed by atoms with van der Waals surface area (Å²) in [5, 5.41) is 3.42. The van der Waals surface area contributed by atoms with Crippen molar-refractivity contribution < 1.29 is 9.53 Å². The number of ether oxygens (including phenoxy) is 1. The molecule has 0 aromatic heterocycles. The third-order valence-electron chi connectivity index (χ3n) is 5.14. The van der Waals surface area contributed by atoms with E-state index in [1.807, 2.05) is 4.90 Å². The van der Waals surface area contributed by atoms with Crippen molar-refractivity contribution in [3.05, 3.63) is 35.4 Å². The summed E-state index contributed by atoms with van der Waals surface area (Å²) in [6, 6.07) is 8.80. The number of nitrogens with one attached hydrogen (secondary N) is 1. The van der Waals surface area contributed by atoms with Gasteiger partial charge in [0.1, 0.15) is 6.10 Å². The Bertz CT molecular complexity index is 535. The number of rotatable bonds is 4. The molecule has 2 aliphatic heterocycles. The van der Waals surface area contributed by atoms with Crippen LogP contribution in [-0.4, -0.2) is 42.6 Å². The summed E-state index contributed by atoms with van der Waals surface area (Å²) in [5.41, 5.74) is 2.55. The van der Waals surface area contributed by atoms with Gasteiger partial charge in [0.2, 0.25) is 0 Å². The molecule has 2 aliphatic rings. The number of piperazine rings is 1. The zero-order chi connectivity index (χ0) is 16.2. The number of hydrogen-bond acceptors (Lipinski definition) is 3. The van der Waals surface area contributed by atoms with Crippen molar-refractivity contribution in [1.29, 1.82) is 0 Å². The molecule has 0 radical (unpaired) electrons. The minimum atomic E-state index is -0.240. The number of hydrogen-bond donors (Lipinski definition) is 1. The Hall–Kier alpha value is -1.10. The number of carbonyl (C=O) groups is 1. The maximum atomic E-state index is 12.9. The average Bonchev–Trinajstić information content (AvgIpc) is 3.10. The van der Waals surface area contributed by atoms with E-state index >= 15 is 0 Å². The van der Waals surface area contributed by atoms with Gasteiger partial charge in [-0.25, -0.2) is 0 Å². The number of halogens is 1. The first-order valence-corrected chi connectivity index (χ1v) is 8.98. The van der Waals surface area contributed by atoms with E-state index in [1.54, 1.807) is 0 Å². The van der Waals surface area contributed by atoms with Crippen LogP contribution in [0.3, 0.4) is 0 Å². The lowest BCUT2D eigenvalue weighted by Crippen LogP contribution is -2.51. The predicted molar refractivity (Wildman–Crippen MR) is 98.6 cm³/mol. The van der Waals surface area contributed by atoms with Crippen LogP contribution >= 0.6 is 12.4 Å². The Morgan fingerprint density at radius 1 is 1.25 bits per heavy atom. The molecular weight excluding hydrogens is 324 g/mol. The SMILES string of the molecule is CCc1ccc(C2CNCCN2C(=O)C2CCC(CC)O2)cc1.Cl. The highest BCUT2D eigenvalue weighted by Gasteiger charge is 2.36. The van der Waals surface area contributed by atoms with Crippen LogP contribution in [0.1, 0.15) is 50.3 Å². The minimum Gasteiger partial charge on any atom is -0.365 e. The van der Waals surface area contributed by atoms with E-state index in [4.69, 9.17) is 4.74 Å². The molecule has 3 unspecified atom stereocenters. The number of amides is 1. The molecule has 24 heavy (non-hydrogen) atoms. The van der Waals surface area contributed by atoms with E-state index in [1.165, 1.54) is 11.1 Å². The zero-order valence-corrected chi connectivity index (χ0v) is 15.5. The van der Waals surface area contributed by atoms with Gasteiger partial charge >= 0.3 is 0 Å². The molecule has 2 saturated heterocycles. The molecule has 0 saturated carbocycles. The molecule has 1 aromatic carbocycles. The molecule has 1 N–H and O–H groups in total. The Morgan fingerprint density at radius 3 is 2.62 bits per heavy atom. The van der Waals surface area contributed by atoms with Crippen LogP contribution in [-0.2, 0) is 16.0 Å². The van der Waals surface area contributed by atoms with E-state index in [0.29, 0.717) is 0 Å². The van der Waals surface area contributed by atoms with E-state index in [9.17, 15) is 4.79 Å². The van der Waals surface area contributed by atoms with Gasteiger partial charge in [-0.3, -0.25) is 4.79 Å². The molecule has 5 heteroatoms. The topological polar surface area (TPSA) is 41.6 Å². The van der Waals surface area contributed by atoms with Crippen LogP contribution in [0, 0.1) is 0 Å². The Morgan fingerprint density at radius 2 is 2.00 bits per heavy atom. The second-order valence-electron chi connectivity index (χ2n) is 6.58. The highest BCUT2D eigenvalue weighted by Crippen LogP contribution is 2.28. The summed E-state index contributed by atoms with van der Waals surface area (Å²) in [6.07, 6.45) is 3.93. The second kappa shape index (κ2) is 8.84. The van der Waals surface area contributed by atoms with Crippen LogP contribution in [0.2, 0.25) is 0 Å². The normalized spacial score (nSPS) is 26.9. The second-order valence-corrected chi connectivity index (χ2v) is 6.58. The molecule has 2 fully saturated rings. The molecular formula is C19H29ClN2O2. The zero-order valence-electron chi connectivity index (χ0n) is 14.7. The van der Waals surface area contributed by atoms with Gasteiger partial charge in [-0.1, -0.05) is 38.1 Å². The first-order chi connectivity index (χ1) is 11.2. The van der Waals surface area contributed by atoms with Crippen LogP contribution < -0.4 is 5.32 Å². The first kappa shape index (κ1) is 19.2. The highest BCUT2D eigenvalue weighted by molar-refractivity contribution is 5.85. The van der Waals surface area contributed by atoms with E-state index in [0.717, 1.165) is 45.3 Å². The number of aryl methyl sites for hydroxylation is 1. The molecule has 1 aromatic rings. The van der Waals surface area contributed by atoms with Crippen molar-refractivity contribution in [3.63, 3.8) is 0 Å². The van der Waals surface area contributed by atoms with Gasteiger partial charge in [-0.05, 0) is 36.8 Å². The quantitative estimate of drug-likeness (QED) is 0.905. The predicted octanol–water partition coefficient (Wildman–Crippen LogP) is 3.10. The summed E-state index contributed by atoms with van der Waals surface area (Å²) in [7, 11) is 0. The first-order valence-electron chi connectivity index (χ1n) is 8.98. The van der Waals surface area contributed by atoms with E-state index in [2.05, 4.69) is 43.4 Å². The largest absolute Gasteiger partial charge is 0.365 e. The summed E-state index contributed by atoms with van der Waals surface area (Å²) in [6.45, 7) is 6.73. The van der Waals surface area contributed by atoms with E-state index < -0.39 is 0 Å². The molecule has 0 bridgehead atoms. The van der Waals surface area contributed by atoms with Gasteiger partial charge in [0.25, 0.3) is 5.91 Å². The van der Waals surface area contributed by atoms with Gasteiger partial charge in [-0.15, -0.1) is 12.4 Å². The molecule has 3 rings (SSSR count). The fourth-order valence-electron chi connectivity index (χ4n) is 3.61. The van der Waals surface area contributed by atoms with Crippen molar-refractivity contribution in [2.75, 3.05) is 19.6 Å². The Kier molecular flexibility index (Phi) is 7.08. The van der Waals surface area contributed by atoms with Crippen LogP contribution in [0.15, 0.2) is 24.3 Å². The fraction of sp³-hybridized carbons (Fsp3) is 0.632. The molecule has 4 nitrogen and oxygen atoms in total. The lowest BCUT2D eigenvalue weighted by atomic mass is 10.00. The Labute approximate surface area is 151 Å². The molecule has 1 amide bonds. The monoisotopic (exact) mass is 352 g/mol. The van der Waals surface area contributed by atoms with Crippen molar-refractivity contribution in [3.8, 4) is 0 Å². The molecule has 0 spiro atoms. The van der Waals surface area contributed by atoms with Gasteiger partial charge in [0, 0.05) is 19.6 Å². The Balaban J connectivity index is 0.00000208. The maximum absolute atomic E-state index is 12.9. The van der Waals surface area contributed by atoms with E-state index in [-0.39, 0.29) is 36.6 Å². The van der Waals surface area contributed by atoms with Crippen molar-refractivity contribution in [2.45, 2.75) is 57.8 Å². The third kappa shape index (κ3) is 4.11. The van der Waals surface area contributed by atoms with Crippen LogP contribution in [0.4, 0.5) is 0 Å². The van der Waals surface area contributed by atoms with Crippen LogP contribution in [0.5, 0.6) is 0 Å². The molecule has 3 atom stereocenters. The maximum Gasteiger partial charge on any atom is 0.252 e. The number of carbonyl (C=O) groups excluding carboxylic acids is 1. The summed E-state index contributed by atoms with van der Waals surface area (Å²) < 4.78 is 5.93. The van der Waals surface area contributed by atoms with Gasteiger partial charge in [0.05, 0.1) is 12.1 Å². The van der Waals surface area contributed by atoms with Gasteiger partial charge in [0.15, 0.2) is 0 Å². The third-order valence-corrected chi connectivity index (χ3v) is 5.14.